The number of hydrogen-bond acceptors (Lipinski definition) is 6. The van der Waals surface area contributed by atoms with Crippen LogP contribution in [-0.2, 0) is 29.5 Å². The Bertz CT molecular complexity index is 1400. The number of aryl methyl sites for hydroxylation is 1. The molecule has 1 fully saturated rings. The van der Waals surface area contributed by atoms with E-state index in [-0.39, 0.29) is 16.5 Å². The van der Waals surface area contributed by atoms with E-state index >= 15 is 0 Å². The number of carbonyl (C=O) groups excluding carboxylic acids is 1. The molecule has 0 aliphatic carbocycles. The second-order valence-electron chi connectivity index (χ2n) is 9.65. The fourth-order valence-electron chi connectivity index (χ4n) is 5.21. The minimum Gasteiger partial charge on any atom is -0.492 e. The monoisotopic (exact) mass is 537 g/mol. The summed E-state index contributed by atoms with van der Waals surface area (Å²) in [5, 5.41) is 4.29. The number of hydrogen-bond donors (Lipinski definition) is 0. The molecule has 2 aliphatic heterocycles. The lowest BCUT2D eigenvalue weighted by Gasteiger charge is -2.35. The molecule has 1 aromatic heterocycles. The van der Waals surface area contributed by atoms with Gasteiger partial charge in [-0.1, -0.05) is 43.3 Å². The van der Waals surface area contributed by atoms with Crippen LogP contribution >= 0.6 is 0 Å². The first-order valence-electron chi connectivity index (χ1n) is 13.3. The average molecular weight is 538 g/mol. The van der Waals surface area contributed by atoms with E-state index in [0.29, 0.717) is 52.4 Å². The third-order valence-electron chi connectivity index (χ3n) is 7.16. The van der Waals surface area contributed by atoms with Crippen molar-refractivity contribution in [3.05, 3.63) is 71.4 Å². The van der Waals surface area contributed by atoms with Gasteiger partial charge in [0.15, 0.2) is 0 Å². The van der Waals surface area contributed by atoms with Crippen LogP contribution in [0.1, 0.15) is 41.8 Å². The molecule has 0 bridgehead atoms. The summed E-state index contributed by atoms with van der Waals surface area (Å²) in [6.45, 7) is 7.70. The number of amides is 1. The molecule has 0 atom stereocenters. The number of ether oxygens (including phenoxy) is 1. The Kier molecular flexibility index (Phi) is 7.71. The first kappa shape index (κ1) is 26.2. The predicted octanol–water partition coefficient (Wildman–Crippen LogP) is 3.40. The van der Waals surface area contributed by atoms with Crippen molar-refractivity contribution in [1.82, 2.24) is 19.0 Å². The van der Waals surface area contributed by atoms with Gasteiger partial charge in [0.1, 0.15) is 5.75 Å². The van der Waals surface area contributed by atoms with Gasteiger partial charge in [0.2, 0.25) is 5.03 Å². The molecule has 2 aromatic carbocycles. The topological polar surface area (TPSA) is 88.0 Å². The first-order valence-corrected chi connectivity index (χ1v) is 14.8. The van der Waals surface area contributed by atoms with E-state index in [1.807, 2.05) is 56.3 Å². The maximum absolute atomic E-state index is 13.9. The van der Waals surface area contributed by atoms with Crippen molar-refractivity contribution in [2.45, 2.75) is 44.8 Å². The van der Waals surface area contributed by atoms with Gasteiger partial charge in [-0.25, -0.2) is 8.42 Å². The molecule has 3 aromatic rings. The lowest BCUT2D eigenvalue weighted by molar-refractivity contribution is 0.0730. The molecular weight excluding hydrogens is 502 g/mol. The average Bonchev–Trinajstić information content (AvgIpc) is 3.38. The maximum Gasteiger partial charge on any atom is 0.263 e. The molecule has 9 nitrogen and oxygen atoms in total. The molecule has 1 amide bonds. The zero-order valence-electron chi connectivity index (χ0n) is 22.0. The minimum absolute atomic E-state index is 0.141. The van der Waals surface area contributed by atoms with Gasteiger partial charge in [-0.15, -0.1) is 0 Å². The van der Waals surface area contributed by atoms with Crippen LogP contribution in [0.4, 0.5) is 5.69 Å². The number of fused-ring (bicyclic) bond motifs is 1. The molecule has 0 radical (unpaired) electrons. The molecule has 202 valence electrons. The smallest absolute Gasteiger partial charge is 0.263 e. The summed E-state index contributed by atoms with van der Waals surface area (Å²) in [6.07, 6.45) is 3.13. The van der Waals surface area contributed by atoms with Crippen LogP contribution in [0.15, 0.2) is 59.8 Å². The second kappa shape index (κ2) is 11.2. The summed E-state index contributed by atoms with van der Waals surface area (Å²) in [6, 6.07) is 15.9. The molecule has 5 rings (SSSR count). The number of sulfonamides is 1. The molecule has 0 unspecified atom stereocenters. The molecule has 3 heterocycles. The van der Waals surface area contributed by atoms with Crippen molar-refractivity contribution in [3.8, 4) is 5.75 Å². The van der Waals surface area contributed by atoms with E-state index in [0.717, 1.165) is 29.8 Å². The van der Waals surface area contributed by atoms with Crippen molar-refractivity contribution in [3.63, 3.8) is 0 Å². The van der Waals surface area contributed by atoms with E-state index in [4.69, 9.17) is 4.74 Å². The Hall–Kier alpha value is -3.37. The lowest BCUT2D eigenvalue weighted by atomic mass is 9.99. The standard InChI is InChI=1S/C28H35N5O4S/c1-3-14-32-21-24(28(34)31-15-13-22-9-5-6-10-23(22)20-31)27(29-32)38(35,36)33-18-16-30(17-19-33)25-11-7-8-12-26(25)37-4-2/h5-12,21H,3-4,13-20H2,1-2H3. The largest absolute Gasteiger partial charge is 0.492 e. The quantitative estimate of drug-likeness (QED) is 0.438. The summed E-state index contributed by atoms with van der Waals surface area (Å²) >= 11 is 0. The Morgan fingerprint density at radius 3 is 2.39 bits per heavy atom. The normalized spacial score (nSPS) is 16.4. The Balaban J connectivity index is 1.37. The number of para-hydroxylation sites is 2. The molecule has 38 heavy (non-hydrogen) atoms. The van der Waals surface area contributed by atoms with E-state index in [2.05, 4.69) is 16.1 Å². The molecule has 1 saturated heterocycles. The number of carbonyl (C=O) groups is 1. The number of rotatable bonds is 8. The fraction of sp³-hybridized carbons (Fsp3) is 0.429. The van der Waals surface area contributed by atoms with E-state index in [9.17, 15) is 13.2 Å². The lowest BCUT2D eigenvalue weighted by Crippen LogP contribution is -2.49. The van der Waals surface area contributed by atoms with Crippen molar-refractivity contribution < 1.29 is 17.9 Å². The molecule has 0 saturated carbocycles. The second-order valence-corrected chi connectivity index (χ2v) is 11.5. The van der Waals surface area contributed by atoms with Gasteiger partial charge in [0, 0.05) is 52.0 Å². The van der Waals surface area contributed by atoms with Crippen LogP contribution in [0, 0.1) is 0 Å². The van der Waals surface area contributed by atoms with Crippen LogP contribution in [0.25, 0.3) is 0 Å². The zero-order valence-corrected chi connectivity index (χ0v) is 22.9. The van der Waals surface area contributed by atoms with E-state index < -0.39 is 10.0 Å². The molecule has 2 aliphatic rings. The SMILES string of the molecule is CCCn1cc(C(=O)N2CCc3ccccc3C2)c(S(=O)(=O)N2CCN(c3ccccc3OCC)CC2)n1. The van der Waals surface area contributed by atoms with Gasteiger partial charge in [0.05, 0.1) is 17.9 Å². The summed E-state index contributed by atoms with van der Waals surface area (Å²) in [7, 11) is -3.96. The highest BCUT2D eigenvalue weighted by molar-refractivity contribution is 7.89. The molecular formula is C28H35N5O4S. The van der Waals surface area contributed by atoms with Crippen molar-refractivity contribution in [2.75, 3.05) is 44.2 Å². The highest BCUT2D eigenvalue weighted by Gasteiger charge is 2.36. The number of anilines is 1. The minimum atomic E-state index is -3.96. The van der Waals surface area contributed by atoms with E-state index in [1.165, 1.54) is 9.87 Å². The number of piperazine rings is 1. The van der Waals surface area contributed by atoms with Crippen LogP contribution in [-0.4, -0.2) is 72.6 Å². The molecule has 0 spiro atoms. The van der Waals surface area contributed by atoms with Crippen LogP contribution < -0.4 is 9.64 Å². The number of nitrogens with zero attached hydrogens (tertiary/aromatic N) is 5. The summed E-state index contributed by atoms with van der Waals surface area (Å²) < 4.78 is 36.5. The van der Waals surface area contributed by atoms with Crippen molar-refractivity contribution in [1.29, 1.82) is 0 Å². The highest BCUT2D eigenvalue weighted by atomic mass is 32.2. The van der Waals surface area contributed by atoms with Gasteiger partial charge < -0.3 is 14.5 Å². The van der Waals surface area contributed by atoms with Crippen LogP contribution in [0.3, 0.4) is 0 Å². The van der Waals surface area contributed by atoms with Gasteiger partial charge in [-0.05, 0) is 43.0 Å². The highest BCUT2D eigenvalue weighted by Crippen LogP contribution is 2.30. The van der Waals surface area contributed by atoms with Crippen molar-refractivity contribution in [2.24, 2.45) is 0 Å². The maximum atomic E-state index is 13.9. The van der Waals surface area contributed by atoms with Crippen LogP contribution in [0.2, 0.25) is 0 Å². The predicted molar refractivity (Wildman–Crippen MR) is 146 cm³/mol. The van der Waals surface area contributed by atoms with Crippen LogP contribution in [0.5, 0.6) is 5.75 Å². The fourth-order valence-corrected chi connectivity index (χ4v) is 6.73. The first-order chi connectivity index (χ1) is 18.4. The van der Waals surface area contributed by atoms with Crippen molar-refractivity contribution >= 4 is 21.6 Å². The van der Waals surface area contributed by atoms with E-state index in [1.54, 1.807) is 15.8 Å². The third kappa shape index (κ3) is 5.15. The summed E-state index contributed by atoms with van der Waals surface area (Å²) in [5.74, 6) is 0.505. The summed E-state index contributed by atoms with van der Waals surface area (Å²) in [4.78, 5) is 17.6. The third-order valence-corrected chi connectivity index (χ3v) is 8.99. The summed E-state index contributed by atoms with van der Waals surface area (Å²) in [5.41, 5.74) is 3.44. The van der Waals surface area contributed by atoms with Gasteiger partial charge >= 0.3 is 0 Å². The molecule has 10 heteroatoms. The Labute approximate surface area is 224 Å². The number of aromatic nitrogens is 2. The Morgan fingerprint density at radius 1 is 0.947 bits per heavy atom. The van der Waals surface area contributed by atoms with Gasteiger partial charge in [0.25, 0.3) is 15.9 Å². The number of benzene rings is 2. The van der Waals surface area contributed by atoms with Gasteiger partial charge in [-0.2, -0.15) is 9.40 Å². The zero-order chi connectivity index (χ0) is 26.7. The van der Waals surface area contributed by atoms with Gasteiger partial charge in [-0.3, -0.25) is 9.48 Å². The molecule has 0 N–H and O–H groups in total. The Morgan fingerprint density at radius 2 is 1.66 bits per heavy atom.